The van der Waals surface area contributed by atoms with Crippen molar-refractivity contribution in [2.75, 3.05) is 18.2 Å². The molecule has 10 nitrogen and oxygen atoms in total. The van der Waals surface area contributed by atoms with Gasteiger partial charge in [-0.05, 0) is 42.5 Å². The number of hydrogen-bond acceptors (Lipinski definition) is 8. The van der Waals surface area contributed by atoms with E-state index in [9.17, 15) is 19.7 Å². The van der Waals surface area contributed by atoms with Crippen LogP contribution in [0.15, 0.2) is 76.7 Å². The number of ether oxygens (including phenoxy) is 1. The molecule has 174 valence electrons. The second-order valence-corrected chi connectivity index (χ2v) is 8.13. The summed E-state index contributed by atoms with van der Waals surface area (Å²) in [6, 6.07) is 19.3. The molecule has 3 aromatic carbocycles. The van der Waals surface area contributed by atoms with Crippen LogP contribution in [0.2, 0.25) is 0 Å². The maximum Gasteiger partial charge on any atom is 0.273 e. The summed E-state index contributed by atoms with van der Waals surface area (Å²) in [5, 5.41) is 23.4. The molecule has 0 aliphatic rings. The zero-order valence-corrected chi connectivity index (χ0v) is 19.1. The molecule has 0 spiro atoms. The molecule has 1 heterocycles. The number of methoxy groups -OCH3 is 1. The molecule has 4 aromatic rings. The molecule has 0 fully saturated rings. The van der Waals surface area contributed by atoms with Crippen molar-refractivity contribution in [2.45, 2.75) is 5.16 Å². The number of carbonyl (C=O) groups is 1. The summed E-state index contributed by atoms with van der Waals surface area (Å²) in [5.41, 5.74) is 1.25. The average molecular weight is 487 g/mol. The van der Waals surface area contributed by atoms with Crippen LogP contribution in [0.3, 0.4) is 0 Å². The zero-order chi connectivity index (χ0) is 24.9. The highest BCUT2D eigenvalue weighted by atomic mass is 32.2. The van der Waals surface area contributed by atoms with Gasteiger partial charge in [0.05, 0.1) is 57.8 Å². The number of nitriles is 1. The zero-order valence-electron chi connectivity index (χ0n) is 18.3. The Balaban J connectivity index is 1.64. The number of nitrogens with one attached hydrogen (secondary N) is 1. The topological polar surface area (TPSA) is 140 Å². The molecular weight excluding hydrogens is 470 g/mol. The third-order valence-electron chi connectivity index (χ3n) is 5.00. The van der Waals surface area contributed by atoms with E-state index in [0.717, 1.165) is 11.8 Å². The molecule has 35 heavy (non-hydrogen) atoms. The molecule has 1 aromatic heterocycles. The van der Waals surface area contributed by atoms with E-state index in [2.05, 4.69) is 10.3 Å². The van der Waals surface area contributed by atoms with Gasteiger partial charge in [0.2, 0.25) is 5.91 Å². The van der Waals surface area contributed by atoms with Gasteiger partial charge in [0.1, 0.15) is 5.75 Å². The van der Waals surface area contributed by atoms with Crippen LogP contribution in [-0.4, -0.2) is 33.2 Å². The lowest BCUT2D eigenvalue weighted by Crippen LogP contribution is -2.23. The van der Waals surface area contributed by atoms with E-state index >= 15 is 0 Å². The van der Waals surface area contributed by atoms with E-state index in [1.807, 2.05) is 6.07 Å². The SMILES string of the molecule is COc1cc([N+](=O)[O-])ccc1NC(=O)CSc1nc2ccccc2c(=O)n1-c1ccc(C#N)cc1. The van der Waals surface area contributed by atoms with E-state index in [-0.39, 0.29) is 28.4 Å². The minimum atomic E-state index is -0.558. The van der Waals surface area contributed by atoms with Crippen LogP contribution in [-0.2, 0) is 4.79 Å². The van der Waals surface area contributed by atoms with E-state index in [4.69, 9.17) is 10.00 Å². The van der Waals surface area contributed by atoms with Crippen molar-refractivity contribution >= 4 is 39.9 Å². The quantitative estimate of drug-likeness (QED) is 0.179. The maximum absolute atomic E-state index is 13.3. The summed E-state index contributed by atoms with van der Waals surface area (Å²) in [6.45, 7) is 0. The first-order chi connectivity index (χ1) is 16.9. The van der Waals surface area contributed by atoms with E-state index < -0.39 is 10.8 Å². The molecule has 0 aliphatic carbocycles. The Labute approximate surface area is 202 Å². The van der Waals surface area contributed by atoms with E-state index in [1.165, 1.54) is 29.9 Å². The lowest BCUT2D eigenvalue weighted by Gasteiger charge is -2.14. The molecule has 0 unspecified atom stereocenters. The monoisotopic (exact) mass is 487 g/mol. The summed E-state index contributed by atoms with van der Waals surface area (Å²) in [6.07, 6.45) is 0. The number of nitro benzene ring substituents is 1. The number of nitro groups is 1. The number of nitrogens with zero attached hydrogens (tertiary/aromatic N) is 4. The van der Waals surface area contributed by atoms with Gasteiger partial charge in [-0.15, -0.1) is 0 Å². The Hall–Kier alpha value is -4.69. The second kappa shape index (κ2) is 10.1. The summed E-state index contributed by atoms with van der Waals surface area (Å²) < 4.78 is 6.55. The number of non-ortho nitro benzene ring substituents is 1. The summed E-state index contributed by atoms with van der Waals surface area (Å²) in [5.74, 6) is -0.368. The number of aromatic nitrogens is 2. The predicted octanol–water partition coefficient (Wildman–Crippen LogP) is 3.90. The third kappa shape index (κ3) is 4.97. The molecule has 0 saturated carbocycles. The molecule has 1 N–H and O–H groups in total. The second-order valence-electron chi connectivity index (χ2n) is 7.19. The van der Waals surface area contributed by atoms with Crippen molar-refractivity contribution in [2.24, 2.45) is 0 Å². The van der Waals surface area contributed by atoms with Gasteiger partial charge in [-0.3, -0.25) is 24.3 Å². The highest BCUT2D eigenvalue weighted by Crippen LogP contribution is 2.29. The molecule has 1 amide bonds. The van der Waals surface area contributed by atoms with Gasteiger partial charge >= 0.3 is 0 Å². The van der Waals surface area contributed by atoms with Crippen molar-refractivity contribution in [1.82, 2.24) is 9.55 Å². The van der Waals surface area contributed by atoms with Crippen LogP contribution in [0.5, 0.6) is 5.75 Å². The Morgan fingerprint density at radius 1 is 1.20 bits per heavy atom. The van der Waals surface area contributed by atoms with Crippen LogP contribution < -0.4 is 15.6 Å². The molecule has 11 heteroatoms. The van der Waals surface area contributed by atoms with Gasteiger partial charge in [-0.25, -0.2) is 4.98 Å². The van der Waals surface area contributed by atoms with Gasteiger partial charge in [-0.2, -0.15) is 5.26 Å². The number of carbonyl (C=O) groups excluding carboxylic acids is 1. The molecule has 4 rings (SSSR count). The minimum Gasteiger partial charge on any atom is -0.494 e. The molecular formula is C24H17N5O5S. The number of thioether (sulfide) groups is 1. The Morgan fingerprint density at radius 3 is 2.63 bits per heavy atom. The standard InChI is InChI=1S/C24H17N5O5S/c1-34-21-12-17(29(32)33)10-11-20(21)26-22(30)14-35-24-27-19-5-3-2-4-18(19)23(31)28(24)16-8-6-15(13-25)7-9-16/h2-12H,14H2,1H3,(H,26,30). The van der Waals surface area contributed by atoms with Crippen molar-refractivity contribution in [3.8, 4) is 17.5 Å². The van der Waals surface area contributed by atoms with E-state index in [0.29, 0.717) is 27.3 Å². The van der Waals surface area contributed by atoms with Crippen molar-refractivity contribution in [1.29, 1.82) is 5.26 Å². The van der Waals surface area contributed by atoms with E-state index in [1.54, 1.807) is 48.5 Å². The first-order valence-corrected chi connectivity index (χ1v) is 11.2. The Morgan fingerprint density at radius 2 is 1.94 bits per heavy atom. The van der Waals surface area contributed by atoms with Crippen LogP contribution in [0.25, 0.3) is 16.6 Å². The van der Waals surface area contributed by atoms with Crippen LogP contribution >= 0.6 is 11.8 Å². The van der Waals surface area contributed by atoms with Crippen LogP contribution in [0, 0.1) is 21.4 Å². The molecule has 0 radical (unpaired) electrons. The summed E-state index contributed by atoms with van der Waals surface area (Å²) in [7, 11) is 1.35. The largest absolute Gasteiger partial charge is 0.494 e. The first kappa shape index (κ1) is 23.5. The number of rotatable bonds is 7. The van der Waals surface area contributed by atoms with Gasteiger partial charge < -0.3 is 10.1 Å². The fraction of sp³-hybridized carbons (Fsp3) is 0.0833. The van der Waals surface area contributed by atoms with Gasteiger partial charge in [0.15, 0.2) is 5.16 Å². The summed E-state index contributed by atoms with van der Waals surface area (Å²) in [4.78, 5) is 41.0. The number of para-hydroxylation sites is 1. The van der Waals surface area contributed by atoms with Crippen molar-refractivity contribution in [3.63, 3.8) is 0 Å². The highest BCUT2D eigenvalue weighted by Gasteiger charge is 2.17. The smallest absolute Gasteiger partial charge is 0.273 e. The fourth-order valence-electron chi connectivity index (χ4n) is 3.34. The number of anilines is 1. The average Bonchev–Trinajstić information content (AvgIpc) is 2.88. The van der Waals surface area contributed by atoms with Gasteiger partial charge in [-0.1, -0.05) is 23.9 Å². The van der Waals surface area contributed by atoms with Gasteiger partial charge in [0, 0.05) is 6.07 Å². The third-order valence-corrected chi connectivity index (χ3v) is 5.94. The normalized spacial score (nSPS) is 10.5. The number of benzene rings is 3. The molecule has 0 aliphatic heterocycles. The Kier molecular flexibility index (Phi) is 6.75. The number of fused-ring (bicyclic) bond motifs is 1. The number of hydrogen-bond donors (Lipinski definition) is 1. The minimum absolute atomic E-state index is 0.0960. The first-order valence-electron chi connectivity index (χ1n) is 10.2. The van der Waals surface area contributed by atoms with Crippen molar-refractivity contribution in [3.05, 3.63) is 92.8 Å². The highest BCUT2D eigenvalue weighted by molar-refractivity contribution is 7.99. The van der Waals surface area contributed by atoms with Crippen LogP contribution in [0.1, 0.15) is 5.56 Å². The molecule has 0 saturated heterocycles. The lowest BCUT2D eigenvalue weighted by molar-refractivity contribution is -0.384. The maximum atomic E-state index is 13.3. The molecule has 0 atom stereocenters. The lowest BCUT2D eigenvalue weighted by atomic mass is 10.2. The van der Waals surface area contributed by atoms with Gasteiger partial charge in [0.25, 0.3) is 11.2 Å². The number of amides is 1. The fourth-order valence-corrected chi connectivity index (χ4v) is 4.15. The predicted molar refractivity (Wildman–Crippen MR) is 131 cm³/mol. The summed E-state index contributed by atoms with van der Waals surface area (Å²) >= 11 is 1.06. The van der Waals surface area contributed by atoms with Crippen LogP contribution in [0.4, 0.5) is 11.4 Å². The van der Waals surface area contributed by atoms with Crippen molar-refractivity contribution < 1.29 is 14.5 Å². The Bertz CT molecular complexity index is 1540. The molecule has 0 bridgehead atoms.